The Kier molecular flexibility index (Phi) is 4.15. The molecular formula is C17H22N4. The normalized spacial score (nSPS) is 14.2. The highest BCUT2D eigenvalue weighted by molar-refractivity contribution is 5.47. The Morgan fingerprint density at radius 3 is 2.81 bits per heavy atom. The van der Waals surface area contributed by atoms with E-state index >= 15 is 0 Å². The van der Waals surface area contributed by atoms with Gasteiger partial charge < -0.3 is 10.2 Å². The number of pyridine rings is 2. The molecule has 4 heteroatoms. The Morgan fingerprint density at radius 2 is 2.14 bits per heavy atom. The van der Waals surface area contributed by atoms with Crippen molar-refractivity contribution in [3.63, 3.8) is 0 Å². The highest BCUT2D eigenvalue weighted by Gasteiger charge is 2.20. The van der Waals surface area contributed by atoms with E-state index in [0.29, 0.717) is 0 Å². The largest absolute Gasteiger partial charge is 0.355 e. The van der Waals surface area contributed by atoms with E-state index in [1.807, 2.05) is 18.5 Å². The molecule has 1 fully saturated rings. The van der Waals surface area contributed by atoms with Gasteiger partial charge in [0.2, 0.25) is 0 Å². The Hall–Kier alpha value is -1.94. The molecule has 1 aliphatic carbocycles. The van der Waals surface area contributed by atoms with E-state index in [4.69, 9.17) is 0 Å². The zero-order chi connectivity index (χ0) is 14.7. The molecule has 0 saturated heterocycles. The van der Waals surface area contributed by atoms with Crippen LogP contribution in [0.5, 0.6) is 0 Å². The van der Waals surface area contributed by atoms with Crippen molar-refractivity contribution in [1.82, 2.24) is 15.3 Å². The van der Waals surface area contributed by atoms with Crippen molar-refractivity contribution in [2.24, 2.45) is 0 Å². The van der Waals surface area contributed by atoms with Crippen LogP contribution in [-0.2, 0) is 13.1 Å². The van der Waals surface area contributed by atoms with E-state index in [9.17, 15) is 0 Å². The van der Waals surface area contributed by atoms with Gasteiger partial charge in [-0.1, -0.05) is 6.07 Å². The molecule has 0 aromatic carbocycles. The number of hydrogen-bond donors (Lipinski definition) is 1. The fourth-order valence-corrected chi connectivity index (χ4v) is 2.51. The van der Waals surface area contributed by atoms with Crippen molar-refractivity contribution >= 4 is 5.82 Å². The van der Waals surface area contributed by atoms with Crippen molar-refractivity contribution in [2.45, 2.75) is 38.9 Å². The topological polar surface area (TPSA) is 41.1 Å². The molecule has 0 spiro atoms. The summed E-state index contributed by atoms with van der Waals surface area (Å²) in [6, 6.07) is 7.03. The molecule has 0 unspecified atom stereocenters. The van der Waals surface area contributed by atoms with Gasteiger partial charge in [-0.2, -0.15) is 0 Å². The molecule has 3 rings (SSSR count). The summed E-state index contributed by atoms with van der Waals surface area (Å²) in [5.41, 5.74) is 3.68. The molecular weight excluding hydrogens is 260 g/mol. The van der Waals surface area contributed by atoms with Gasteiger partial charge in [0.25, 0.3) is 0 Å². The Balaban J connectivity index is 1.66. The van der Waals surface area contributed by atoms with Gasteiger partial charge >= 0.3 is 0 Å². The Labute approximate surface area is 126 Å². The molecule has 0 bridgehead atoms. The zero-order valence-corrected chi connectivity index (χ0v) is 12.7. The number of aryl methyl sites for hydroxylation is 1. The molecule has 1 N–H and O–H groups in total. The third-order valence-corrected chi connectivity index (χ3v) is 3.78. The van der Waals surface area contributed by atoms with Crippen molar-refractivity contribution in [1.29, 1.82) is 0 Å². The van der Waals surface area contributed by atoms with E-state index < -0.39 is 0 Å². The smallest absolute Gasteiger partial charge is 0.131 e. The van der Waals surface area contributed by atoms with Gasteiger partial charge in [-0.05, 0) is 48.6 Å². The zero-order valence-electron chi connectivity index (χ0n) is 12.7. The third-order valence-electron chi connectivity index (χ3n) is 3.78. The van der Waals surface area contributed by atoms with Crippen LogP contribution in [0.15, 0.2) is 36.8 Å². The van der Waals surface area contributed by atoms with E-state index in [1.165, 1.54) is 29.5 Å². The average Bonchev–Trinajstić information content (AvgIpc) is 3.30. The van der Waals surface area contributed by atoms with Gasteiger partial charge in [-0.15, -0.1) is 0 Å². The number of hydrogen-bond acceptors (Lipinski definition) is 4. The van der Waals surface area contributed by atoms with E-state index in [-0.39, 0.29) is 0 Å². The van der Waals surface area contributed by atoms with E-state index in [1.54, 1.807) is 6.20 Å². The van der Waals surface area contributed by atoms with Crippen molar-refractivity contribution in [2.75, 3.05) is 11.9 Å². The Bertz CT molecular complexity index is 593. The van der Waals surface area contributed by atoms with E-state index in [2.05, 4.69) is 46.3 Å². The molecule has 2 heterocycles. The highest BCUT2D eigenvalue weighted by atomic mass is 15.2. The molecule has 0 aliphatic heterocycles. The summed E-state index contributed by atoms with van der Waals surface area (Å²) in [7, 11) is 2.07. The van der Waals surface area contributed by atoms with Crippen LogP contribution in [0.25, 0.3) is 0 Å². The van der Waals surface area contributed by atoms with Gasteiger partial charge in [0.15, 0.2) is 0 Å². The molecule has 0 amide bonds. The molecule has 2 aromatic rings. The van der Waals surface area contributed by atoms with Crippen LogP contribution < -0.4 is 10.2 Å². The average molecular weight is 282 g/mol. The van der Waals surface area contributed by atoms with Crippen LogP contribution in [0.2, 0.25) is 0 Å². The maximum atomic E-state index is 4.64. The Morgan fingerprint density at radius 1 is 1.29 bits per heavy atom. The first kappa shape index (κ1) is 14.0. The summed E-state index contributed by atoms with van der Waals surface area (Å²) >= 11 is 0. The van der Waals surface area contributed by atoms with E-state index in [0.717, 1.165) is 24.9 Å². The fourth-order valence-electron chi connectivity index (χ4n) is 2.51. The lowest BCUT2D eigenvalue weighted by Gasteiger charge is -2.20. The monoisotopic (exact) mass is 282 g/mol. The van der Waals surface area contributed by atoms with Crippen molar-refractivity contribution in [3.05, 3.63) is 53.5 Å². The highest BCUT2D eigenvalue weighted by Crippen LogP contribution is 2.21. The standard InChI is InChI=1S/C17H22N4/c1-13-8-15(10-19-16-5-6-16)11-20-17(13)21(2)12-14-4-3-7-18-9-14/h3-4,7-9,11,16,19H,5-6,10,12H2,1-2H3. The van der Waals surface area contributed by atoms with Crippen LogP contribution in [0, 0.1) is 6.92 Å². The first-order chi connectivity index (χ1) is 10.2. The predicted molar refractivity (Wildman–Crippen MR) is 85.2 cm³/mol. The minimum absolute atomic E-state index is 0.734. The van der Waals surface area contributed by atoms with Gasteiger partial charge in [0, 0.05) is 44.8 Å². The second-order valence-corrected chi connectivity index (χ2v) is 5.86. The quantitative estimate of drug-likeness (QED) is 0.884. The minimum Gasteiger partial charge on any atom is -0.355 e. The first-order valence-electron chi connectivity index (χ1n) is 7.51. The number of anilines is 1. The summed E-state index contributed by atoms with van der Waals surface area (Å²) in [5.74, 6) is 1.04. The maximum Gasteiger partial charge on any atom is 0.131 e. The minimum atomic E-state index is 0.734. The number of nitrogens with zero attached hydrogens (tertiary/aromatic N) is 3. The fraction of sp³-hybridized carbons (Fsp3) is 0.412. The molecule has 0 atom stereocenters. The lowest BCUT2D eigenvalue weighted by Crippen LogP contribution is -2.20. The van der Waals surface area contributed by atoms with Crippen LogP contribution in [-0.4, -0.2) is 23.1 Å². The summed E-state index contributed by atoms with van der Waals surface area (Å²) in [5, 5.41) is 3.53. The number of nitrogens with one attached hydrogen (secondary N) is 1. The first-order valence-corrected chi connectivity index (χ1v) is 7.51. The van der Waals surface area contributed by atoms with Crippen molar-refractivity contribution < 1.29 is 0 Å². The van der Waals surface area contributed by atoms with Crippen molar-refractivity contribution in [3.8, 4) is 0 Å². The molecule has 1 aliphatic rings. The summed E-state index contributed by atoms with van der Waals surface area (Å²) in [6.07, 6.45) is 8.32. The predicted octanol–water partition coefficient (Wildman–Crippen LogP) is 2.67. The lowest BCUT2D eigenvalue weighted by atomic mass is 10.2. The number of aromatic nitrogens is 2. The summed E-state index contributed by atoms with van der Waals surface area (Å²) in [4.78, 5) is 11.0. The lowest BCUT2D eigenvalue weighted by molar-refractivity contribution is 0.685. The number of rotatable bonds is 6. The second-order valence-electron chi connectivity index (χ2n) is 5.86. The molecule has 0 radical (unpaired) electrons. The second kappa shape index (κ2) is 6.22. The molecule has 21 heavy (non-hydrogen) atoms. The maximum absolute atomic E-state index is 4.64. The SMILES string of the molecule is Cc1cc(CNC2CC2)cnc1N(C)Cc1cccnc1. The summed E-state index contributed by atoms with van der Waals surface area (Å²) < 4.78 is 0. The molecule has 1 saturated carbocycles. The molecule has 2 aromatic heterocycles. The third kappa shape index (κ3) is 3.79. The van der Waals surface area contributed by atoms with Crippen LogP contribution in [0.1, 0.15) is 29.5 Å². The van der Waals surface area contributed by atoms with Crippen LogP contribution in [0.4, 0.5) is 5.82 Å². The van der Waals surface area contributed by atoms with Gasteiger partial charge in [-0.25, -0.2) is 4.98 Å². The van der Waals surface area contributed by atoms with Crippen LogP contribution in [0.3, 0.4) is 0 Å². The molecule has 4 nitrogen and oxygen atoms in total. The molecule has 110 valence electrons. The van der Waals surface area contributed by atoms with Gasteiger partial charge in [-0.3, -0.25) is 4.98 Å². The van der Waals surface area contributed by atoms with Crippen LogP contribution >= 0.6 is 0 Å². The summed E-state index contributed by atoms with van der Waals surface area (Å²) in [6.45, 7) is 3.87. The van der Waals surface area contributed by atoms with Gasteiger partial charge in [0.1, 0.15) is 5.82 Å². The van der Waals surface area contributed by atoms with Gasteiger partial charge in [0.05, 0.1) is 0 Å².